The lowest BCUT2D eigenvalue weighted by molar-refractivity contribution is -0.384. The lowest BCUT2D eigenvalue weighted by Gasteiger charge is -2.21. The van der Waals surface area contributed by atoms with Crippen molar-refractivity contribution in [3.63, 3.8) is 0 Å². The van der Waals surface area contributed by atoms with E-state index in [0.29, 0.717) is 21.7 Å². The number of fused-ring (bicyclic) bond motifs is 2. The minimum absolute atomic E-state index is 0.0603. The van der Waals surface area contributed by atoms with Crippen LogP contribution in [0.2, 0.25) is 0 Å². The second kappa shape index (κ2) is 6.56. The van der Waals surface area contributed by atoms with Crippen LogP contribution in [0, 0.1) is 17.0 Å². The Bertz CT molecular complexity index is 1380. The summed E-state index contributed by atoms with van der Waals surface area (Å²) in [6.07, 6.45) is 0. The van der Waals surface area contributed by atoms with Crippen LogP contribution in [0.3, 0.4) is 0 Å². The van der Waals surface area contributed by atoms with Crippen molar-refractivity contribution in [3.05, 3.63) is 90.8 Å². The second-order valence-electron chi connectivity index (χ2n) is 6.82. The molecule has 0 radical (unpaired) electrons. The van der Waals surface area contributed by atoms with Gasteiger partial charge in [0.15, 0.2) is 5.43 Å². The number of rotatable bonds is 3. The minimum atomic E-state index is -0.831. The monoisotopic (exact) mass is 420 g/mol. The van der Waals surface area contributed by atoms with E-state index in [4.69, 9.17) is 4.42 Å². The number of hydrogen-bond acceptors (Lipinski definition) is 8. The van der Waals surface area contributed by atoms with Crippen molar-refractivity contribution >= 4 is 39.0 Å². The van der Waals surface area contributed by atoms with Gasteiger partial charge >= 0.3 is 0 Å². The molecule has 5 rings (SSSR count). The standard InChI is InChI=1S/C20H12N4O5S/c1-10-2-7-14-13(8-10)17(25)15-16(11-3-5-12(6-4-11)24(27)28)23(19(26)18(15)29-14)20-22-21-9-30-20/h2-9,16H,1H3. The van der Waals surface area contributed by atoms with E-state index >= 15 is 0 Å². The van der Waals surface area contributed by atoms with Gasteiger partial charge in [-0.1, -0.05) is 23.0 Å². The highest BCUT2D eigenvalue weighted by atomic mass is 32.1. The Morgan fingerprint density at radius 3 is 2.60 bits per heavy atom. The van der Waals surface area contributed by atoms with Gasteiger partial charge in [0.25, 0.3) is 11.6 Å². The van der Waals surface area contributed by atoms with Crippen molar-refractivity contribution < 1.29 is 14.1 Å². The Labute approximate surface area is 172 Å². The van der Waals surface area contributed by atoms with Gasteiger partial charge in [-0.3, -0.25) is 24.6 Å². The number of aryl methyl sites for hydroxylation is 1. The molecule has 9 nitrogen and oxygen atoms in total. The Morgan fingerprint density at radius 1 is 1.17 bits per heavy atom. The molecule has 1 aliphatic rings. The third-order valence-electron chi connectivity index (χ3n) is 5.00. The zero-order valence-electron chi connectivity index (χ0n) is 15.4. The molecule has 0 fully saturated rings. The first-order chi connectivity index (χ1) is 14.5. The number of non-ortho nitro benzene ring substituents is 1. The van der Waals surface area contributed by atoms with E-state index in [1.165, 1.54) is 34.7 Å². The zero-order valence-corrected chi connectivity index (χ0v) is 16.3. The first kappa shape index (κ1) is 18.1. The van der Waals surface area contributed by atoms with E-state index in [0.717, 1.165) is 16.9 Å². The third-order valence-corrected chi connectivity index (χ3v) is 5.69. The molecule has 1 atom stereocenters. The van der Waals surface area contributed by atoms with E-state index in [9.17, 15) is 19.7 Å². The van der Waals surface area contributed by atoms with Crippen LogP contribution in [0.1, 0.15) is 33.3 Å². The summed E-state index contributed by atoms with van der Waals surface area (Å²) in [6, 6.07) is 10.1. The SMILES string of the molecule is Cc1ccc2oc3c(c(=O)c2c1)C(c1ccc([N+](=O)[O-])cc1)N(c1nncs1)C3=O. The highest BCUT2D eigenvalue weighted by Gasteiger charge is 2.45. The van der Waals surface area contributed by atoms with Crippen LogP contribution >= 0.6 is 11.3 Å². The van der Waals surface area contributed by atoms with Crippen LogP contribution in [0.25, 0.3) is 11.0 Å². The molecule has 4 aromatic rings. The van der Waals surface area contributed by atoms with Crippen LogP contribution in [-0.4, -0.2) is 21.0 Å². The molecule has 1 unspecified atom stereocenters. The Kier molecular flexibility index (Phi) is 3.97. The number of nitro groups is 1. The molecule has 148 valence electrons. The summed E-state index contributed by atoms with van der Waals surface area (Å²) in [5.41, 5.74) is 2.98. The third kappa shape index (κ3) is 2.61. The Hall–Kier alpha value is -3.92. The van der Waals surface area contributed by atoms with E-state index in [1.807, 2.05) is 6.92 Å². The largest absolute Gasteiger partial charge is 0.450 e. The fourth-order valence-corrected chi connectivity index (χ4v) is 4.23. The molecule has 0 aliphatic carbocycles. The number of carbonyl (C=O) groups is 1. The molecule has 0 bridgehead atoms. The summed E-state index contributed by atoms with van der Waals surface area (Å²) in [6.45, 7) is 1.86. The van der Waals surface area contributed by atoms with Crippen molar-refractivity contribution in [1.82, 2.24) is 10.2 Å². The molecule has 1 aliphatic heterocycles. The summed E-state index contributed by atoms with van der Waals surface area (Å²) >= 11 is 1.14. The van der Waals surface area contributed by atoms with Gasteiger partial charge in [0.1, 0.15) is 11.1 Å². The van der Waals surface area contributed by atoms with E-state index in [1.54, 1.807) is 18.2 Å². The quantitative estimate of drug-likeness (QED) is 0.367. The van der Waals surface area contributed by atoms with Crippen molar-refractivity contribution in [2.45, 2.75) is 13.0 Å². The van der Waals surface area contributed by atoms with Crippen LogP contribution in [-0.2, 0) is 0 Å². The molecule has 0 spiro atoms. The van der Waals surface area contributed by atoms with Gasteiger partial charge in [-0.25, -0.2) is 0 Å². The van der Waals surface area contributed by atoms with Crippen molar-refractivity contribution in [1.29, 1.82) is 0 Å². The van der Waals surface area contributed by atoms with Gasteiger partial charge in [0.2, 0.25) is 10.9 Å². The second-order valence-corrected chi connectivity index (χ2v) is 7.63. The molecular weight excluding hydrogens is 408 g/mol. The Morgan fingerprint density at radius 2 is 1.93 bits per heavy atom. The number of aromatic nitrogens is 2. The maximum Gasteiger partial charge on any atom is 0.297 e. The fraction of sp³-hybridized carbons (Fsp3) is 0.100. The van der Waals surface area contributed by atoms with Crippen LogP contribution in [0.5, 0.6) is 0 Å². The maximum absolute atomic E-state index is 13.4. The van der Waals surface area contributed by atoms with Crippen LogP contribution in [0.4, 0.5) is 10.8 Å². The van der Waals surface area contributed by atoms with Crippen molar-refractivity contribution in [3.8, 4) is 0 Å². The first-order valence-electron chi connectivity index (χ1n) is 8.87. The number of nitrogens with zero attached hydrogens (tertiary/aromatic N) is 4. The predicted octanol–water partition coefficient (Wildman–Crippen LogP) is 3.61. The normalized spacial score (nSPS) is 15.6. The van der Waals surface area contributed by atoms with Crippen molar-refractivity contribution in [2.24, 2.45) is 0 Å². The molecule has 30 heavy (non-hydrogen) atoms. The van der Waals surface area contributed by atoms with E-state index < -0.39 is 16.9 Å². The maximum atomic E-state index is 13.4. The molecule has 0 saturated heterocycles. The van der Waals surface area contributed by atoms with E-state index in [2.05, 4.69) is 10.2 Å². The van der Waals surface area contributed by atoms with Gasteiger partial charge in [-0.05, 0) is 36.8 Å². The van der Waals surface area contributed by atoms with Gasteiger partial charge < -0.3 is 4.42 Å². The molecule has 10 heteroatoms. The number of amides is 1. The smallest absolute Gasteiger partial charge is 0.297 e. The predicted molar refractivity (Wildman–Crippen MR) is 109 cm³/mol. The lowest BCUT2D eigenvalue weighted by atomic mass is 9.98. The molecule has 1 amide bonds. The van der Waals surface area contributed by atoms with Crippen LogP contribution in [0.15, 0.2) is 57.2 Å². The summed E-state index contributed by atoms with van der Waals surface area (Å²) in [4.78, 5) is 38.5. The number of carbonyl (C=O) groups excluding carboxylic acids is 1. The molecule has 2 aromatic heterocycles. The fourth-order valence-electron chi connectivity index (χ4n) is 3.65. The highest BCUT2D eigenvalue weighted by molar-refractivity contribution is 7.13. The van der Waals surface area contributed by atoms with Crippen molar-refractivity contribution in [2.75, 3.05) is 4.90 Å². The summed E-state index contributed by atoms with van der Waals surface area (Å²) < 4.78 is 5.85. The van der Waals surface area contributed by atoms with Crippen LogP contribution < -0.4 is 10.3 Å². The van der Waals surface area contributed by atoms with E-state index in [-0.39, 0.29) is 22.4 Å². The number of benzene rings is 2. The summed E-state index contributed by atoms with van der Waals surface area (Å²) in [7, 11) is 0. The number of hydrogen-bond donors (Lipinski definition) is 0. The zero-order chi connectivity index (χ0) is 21.0. The average Bonchev–Trinajstić information content (AvgIpc) is 3.35. The van der Waals surface area contributed by atoms with Gasteiger partial charge in [-0.15, -0.1) is 10.2 Å². The number of anilines is 1. The summed E-state index contributed by atoms with van der Waals surface area (Å²) in [5, 5.41) is 19.5. The molecule has 3 heterocycles. The number of nitro benzene ring substituents is 1. The molecule has 0 N–H and O–H groups in total. The average molecular weight is 420 g/mol. The van der Waals surface area contributed by atoms with Gasteiger partial charge in [0, 0.05) is 12.1 Å². The highest BCUT2D eigenvalue weighted by Crippen LogP contribution is 2.41. The van der Waals surface area contributed by atoms with Gasteiger partial charge in [-0.2, -0.15) is 0 Å². The summed E-state index contributed by atoms with van der Waals surface area (Å²) in [5.74, 6) is -0.570. The first-order valence-corrected chi connectivity index (χ1v) is 9.75. The van der Waals surface area contributed by atoms with Gasteiger partial charge in [0.05, 0.1) is 21.9 Å². The minimum Gasteiger partial charge on any atom is -0.450 e. The topological polar surface area (TPSA) is 119 Å². The molecule has 2 aromatic carbocycles. The Balaban J connectivity index is 1.79. The molecular formula is C20H12N4O5S. The lowest BCUT2D eigenvalue weighted by Crippen LogP contribution is -2.29. The molecule has 0 saturated carbocycles.